The van der Waals surface area contributed by atoms with Crippen molar-refractivity contribution in [1.29, 1.82) is 0 Å². The number of hydrogen-bond donors (Lipinski definition) is 3. The first-order valence-electron chi connectivity index (χ1n) is 10.1. The van der Waals surface area contributed by atoms with Gasteiger partial charge in [0, 0.05) is 49.4 Å². The molecule has 0 radical (unpaired) electrons. The van der Waals surface area contributed by atoms with Gasteiger partial charge in [-0.3, -0.25) is 19.4 Å². The highest BCUT2D eigenvalue weighted by molar-refractivity contribution is 5.97. The second kappa shape index (κ2) is 7.62. The lowest BCUT2D eigenvalue weighted by atomic mass is 9.88. The first-order valence-corrected chi connectivity index (χ1v) is 10.1. The Morgan fingerprint density at radius 3 is 2.60 bits per heavy atom. The number of aromatic amines is 1. The molecule has 0 fully saturated rings. The molecule has 0 saturated carbocycles. The number of aryl methyl sites for hydroxylation is 1. The fourth-order valence-corrected chi connectivity index (χ4v) is 3.64. The third-order valence-corrected chi connectivity index (χ3v) is 5.81. The van der Waals surface area contributed by atoms with Crippen LogP contribution in [0.3, 0.4) is 0 Å². The number of pyridine rings is 1. The number of nitrogens with two attached hydrogens (primary N) is 1. The van der Waals surface area contributed by atoms with Gasteiger partial charge in [-0.25, -0.2) is 0 Å². The molecular formula is C21H31N7O2. The maximum atomic E-state index is 13.1. The van der Waals surface area contributed by atoms with E-state index in [-0.39, 0.29) is 34.7 Å². The second-order valence-electron chi connectivity index (χ2n) is 8.93. The number of carbonyl (C=O) groups is 1. The average molecular weight is 414 g/mol. The molecule has 0 saturated heterocycles. The Hall–Kier alpha value is -3.10. The van der Waals surface area contributed by atoms with E-state index in [1.165, 1.54) is 6.92 Å². The summed E-state index contributed by atoms with van der Waals surface area (Å²) in [5.74, 6) is 0.371. The number of carbonyl (C=O) groups excluding carboxylic acids is 1. The van der Waals surface area contributed by atoms with Crippen molar-refractivity contribution >= 4 is 22.6 Å². The third-order valence-electron chi connectivity index (χ3n) is 5.81. The zero-order chi connectivity index (χ0) is 22.4. The SMILES string of the molecule is CC(=O)NCC(C)(C)c1cc(-c2cn(C(C)C(C)C)c(=O)c3c(N)n[nH]c23)nn1C. The summed E-state index contributed by atoms with van der Waals surface area (Å²) in [6.45, 7) is 12.2. The van der Waals surface area contributed by atoms with E-state index in [1.807, 2.05) is 30.9 Å². The number of nitrogens with one attached hydrogen (secondary N) is 2. The summed E-state index contributed by atoms with van der Waals surface area (Å²) in [4.78, 5) is 24.5. The monoisotopic (exact) mass is 413 g/mol. The Labute approximate surface area is 175 Å². The molecule has 1 unspecified atom stereocenters. The van der Waals surface area contributed by atoms with Crippen molar-refractivity contribution in [2.75, 3.05) is 12.3 Å². The number of fused-ring (bicyclic) bond motifs is 1. The Morgan fingerprint density at radius 2 is 2.00 bits per heavy atom. The molecule has 3 aromatic rings. The molecule has 0 aliphatic rings. The highest BCUT2D eigenvalue weighted by Gasteiger charge is 2.27. The molecular weight excluding hydrogens is 382 g/mol. The van der Waals surface area contributed by atoms with Gasteiger partial charge in [-0.05, 0) is 18.9 Å². The van der Waals surface area contributed by atoms with Crippen LogP contribution in [0.15, 0.2) is 17.1 Å². The minimum Gasteiger partial charge on any atom is -0.382 e. The number of nitrogen functional groups attached to an aromatic ring is 1. The van der Waals surface area contributed by atoms with E-state index in [2.05, 4.69) is 43.2 Å². The van der Waals surface area contributed by atoms with Crippen LogP contribution in [0.2, 0.25) is 0 Å². The first-order chi connectivity index (χ1) is 13.9. The van der Waals surface area contributed by atoms with Crippen molar-refractivity contribution in [2.45, 2.75) is 53.0 Å². The van der Waals surface area contributed by atoms with Gasteiger partial charge in [0.25, 0.3) is 5.56 Å². The molecule has 0 bridgehead atoms. The van der Waals surface area contributed by atoms with Gasteiger partial charge in [0.05, 0.1) is 11.2 Å². The Morgan fingerprint density at radius 1 is 1.33 bits per heavy atom. The van der Waals surface area contributed by atoms with E-state index in [4.69, 9.17) is 10.8 Å². The van der Waals surface area contributed by atoms with Crippen molar-refractivity contribution < 1.29 is 4.79 Å². The number of anilines is 1. The zero-order valence-corrected chi connectivity index (χ0v) is 18.7. The summed E-state index contributed by atoms with van der Waals surface area (Å²) in [5, 5.41) is 14.9. The Bertz CT molecular complexity index is 1150. The van der Waals surface area contributed by atoms with E-state index in [0.29, 0.717) is 23.1 Å². The number of amides is 1. The summed E-state index contributed by atoms with van der Waals surface area (Å²) in [6, 6.07) is 1.97. The van der Waals surface area contributed by atoms with Crippen LogP contribution in [-0.2, 0) is 17.3 Å². The number of hydrogen-bond acceptors (Lipinski definition) is 5. The quantitative estimate of drug-likeness (QED) is 0.572. The van der Waals surface area contributed by atoms with Gasteiger partial charge < -0.3 is 15.6 Å². The first kappa shape index (κ1) is 21.6. The minimum absolute atomic E-state index is 0.0191. The molecule has 0 aliphatic carbocycles. The second-order valence-corrected chi connectivity index (χ2v) is 8.93. The van der Waals surface area contributed by atoms with Crippen LogP contribution >= 0.6 is 0 Å². The summed E-state index contributed by atoms with van der Waals surface area (Å²) in [5.41, 5.74) is 8.53. The van der Waals surface area contributed by atoms with Crippen molar-refractivity contribution in [3.63, 3.8) is 0 Å². The van der Waals surface area contributed by atoms with Crippen LogP contribution in [0.5, 0.6) is 0 Å². The zero-order valence-electron chi connectivity index (χ0n) is 18.7. The van der Waals surface area contributed by atoms with Gasteiger partial charge in [-0.2, -0.15) is 10.2 Å². The maximum absolute atomic E-state index is 13.1. The third kappa shape index (κ3) is 3.71. The predicted octanol–water partition coefficient (Wildman–Crippen LogP) is 2.34. The molecule has 4 N–H and O–H groups in total. The Balaban J connectivity index is 2.19. The van der Waals surface area contributed by atoms with E-state index in [0.717, 1.165) is 11.3 Å². The number of rotatable bonds is 6. The molecule has 1 atom stereocenters. The van der Waals surface area contributed by atoms with Crippen LogP contribution in [0.4, 0.5) is 5.82 Å². The summed E-state index contributed by atoms with van der Waals surface area (Å²) in [7, 11) is 1.87. The van der Waals surface area contributed by atoms with Gasteiger partial charge in [-0.15, -0.1) is 0 Å². The smallest absolute Gasteiger partial charge is 0.264 e. The molecule has 0 aliphatic heterocycles. The summed E-state index contributed by atoms with van der Waals surface area (Å²) < 4.78 is 3.52. The van der Waals surface area contributed by atoms with Gasteiger partial charge in [0.2, 0.25) is 5.91 Å². The number of H-pyrrole nitrogens is 1. The van der Waals surface area contributed by atoms with Crippen molar-refractivity contribution in [1.82, 2.24) is 29.9 Å². The molecule has 3 heterocycles. The summed E-state index contributed by atoms with van der Waals surface area (Å²) >= 11 is 0. The van der Waals surface area contributed by atoms with Crippen LogP contribution in [0, 0.1) is 5.92 Å². The number of aromatic nitrogens is 5. The molecule has 0 spiro atoms. The largest absolute Gasteiger partial charge is 0.382 e. The Kier molecular flexibility index (Phi) is 5.49. The van der Waals surface area contributed by atoms with Gasteiger partial charge in [0.15, 0.2) is 5.82 Å². The topological polar surface area (TPSA) is 124 Å². The average Bonchev–Trinajstić information content (AvgIpc) is 3.24. The summed E-state index contributed by atoms with van der Waals surface area (Å²) in [6.07, 6.45) is 1.83. The molecule has 9 heteroatoms. The minimum atomic E-state index is -0.336. The highest BCUT2D eigenvalue weighted by atomic mass is 16.1. The molecule has 1 amide bonds. The number of nitrogens with zero attached hydrogens (tertiary/aromatic N) is 4. The molecule has 9 nitrogen and oxygen atoms in total. The predicted molar refractivity (Wildman–Crippen MR) is 118 cm³/mol. The van der Waals surface area contributed by atoms with Crippen LogP contribution in [-0.4, -0.2) is 37.0 Å². The standard InChI is InChI=1S/C21H31N7O2/c1-11(2)12(3)28-9-14(18-17(20(28)30)19(22)25-24-18)15-8-16(27(7)26-15)21(5,6)10-23-13(4)29/h8-9,11-12H,10H2,1-7H3,(H,23,29)(H3,22,24,25). The van der Waals surface area contributed by atoms with E-state index in [1.54, 1.807) is 4.57 Å². The molecule has 0 aromatic carbocycles. The van der Waals surface area contributed by atoms with Crippen LogP contribution in [0.1, 0.15) is 53.3 Å². The van der Waals surface area contributed by atoms with Gasteiger partial charge >= 0.3 is 0 Å². The van der Waals surface area contributed by atoms with Crippen molar-refractivity contribution in [3.05, 3.63) is 28.3 Å². The van der Waals surface area contributed by atoms with E-state index in [9.17, 15) is 9.59 Å². The van der Waals surface area contributed by atoms with E-state index < -0.39 is 0 Å². The van der Waals surface area contributed by atoms with Gasteiger partial charge in [0.1, 0.15) is 5.39 Å². The maximum Gasteiger partial charge on any atom is 0.264 e. The van der Waals surface area contributed by atoms with E-state index >= 15 is 0 Å². The van der Waals surface area contributed by atoms with Crippen molar-refractivity contribution in [2.24, 2.45) is 13.0 Å². The van der Waals surface area contributed by atoms with Gasteiger partial charge in [-0.1, -0.05) is 27.7 Å². The van der Waals surface area contributed by atoms with Crippen LogP contribution < -0.4 is 16.6 Å². The lowest BCUT2D eigenvalue weighted by Gasteiger charge is -2.24. The van der Waals surface area contributed by atoms with Crippen molar-refractivity contribution in [3.8, 4) is 11.3 Å². The lowest BCUT2D eigenvalue weighted by molar-refractivity contribution is -0.119. The molecule has 162 valence electrons. The molecule has 3 rings (SSSR count). The normalized spacial score (nSPS) is 13.2. The fraction of sp³-hybridized carbons (Fsp3) is 0.524. The van der Waals surface area contributed by atoms with Crippen LogP contribution in [0.25, 0.3) is 22.2 Å². The highest BCUT2D eigenvalue weighted by Crippen LogP contribution is 2.32. The molecule has 30 heavy (non-hydrogen) atoms. The molecule has 3 aromatic heterocycles. The lowest BCUT2D eigenvalue weighted by Crippen LogP contribution is -2.36. The fourth-order valence-electron chi connectivity index (χ4n) is 3.64.